The normalized spacial score (nSPS) is 19.6. The van der Waals surface area contributed by atoms with Crippen LogP contribution in [0, 0.1) is 17.4 Å². The first-order chi connectivity index (χ1) is 22.6. The van der Waals surface area contributed by atoms with Crippen molar-refractivity contribution < 1.29 is 4.79 Å². The summed E-state index contributed by atoms with van der Waals surface area (Å²) in [7, 11) is 0.163. The van der Waals surface area contributed by atoms with Gasteiger partial charge in [-0.3, -0.25) is 4.90 Å². The lowest BCUT2D eigenvalue weighted by atomic mass is 9.97. The smallest absolute Gasteiger partial charge is 0.323 e. The summed E-state index contributed by atoms with van der Waals surface area (Å²) in [6.07, 6.45) is 6.56. The van der Waals surface area contributed by atoms with Crippen LogP contribution in [-0.4, -0.2) is 79.8 Å². The average Bonchev–Trinajstić information content (AvgIpc) is 3.71. The van der Waals surface area contributed by atoms with Gasteiger partial charge < -0.3 is 20.4 Å². The second-order valence-electron chi connectivity index (χ2n) is 14.7. The number of nitrogens with one attached hydrogen (secondary N) is 2. The van der Waals surface area contributed by atoms with Crippen LogP contribution in [0.2, 0.25) is 16.6 Å². The number of carbonyl (C=O) groups excluding carboxylic acids is 1. The van der Waals surface area contributed by atoms with Crippen molar-refractivity contribution in [2.75, 3.05) is 54.9 Å². The second-order valence-corrected chi connectivity index (χ2v) is 20.3. The maximum absolute atomic E-state index is 13.3. The maximum Gasteiger partial charge on any atom is 0.323 e. The van der Waals surface area contributed by atoms with Crippen molar-refractivity contribution in [2.45, 2.75) is 89.9 Å². The Hall–Kier alpha value is -3.68. The van der Waals surface area contributed by atoms with Crippen molar-refractivity contribution in [3.63, 3.8) is 0 Å². The maximum atomic E-state index is 13.3. The second kappa shape index (κ2) is 13.8. The van der Waals surface area contributed by atoms with Crippen molar-refractivity contribution in [1.29, 1.82) is 0 Å². The minimum absolute atomic E-state index is 0.0873. The summed E-state index contributed by atoms with van der Waals surface area (Å²) in [5, 5.41) is 7.31. The summed E-state index contributed by atoms with van der Waals surface area (Å²) in [6.45, 7) is 18.8. The first kappa shape index (κ1) is 33.2. The third-order valence-corrected chi connectivity index (χ3v) is 17.3. The molecule has 4 heterocycles. The molecule has 1 aliphatic carbocycles. The van der Waals surface area contributed by atoms with Gasteiger partial charge in [0, 0.05) is 55.9 Å². The van der Waals surface area contributed by atoms with Gasteiger partial charge in [-0.2, -0.15) is 4.98 Å². The van der Waals surface area contributed by atoms with Gasteiger partial charge >= 0.3 is 6.03 Å². The number of hydrogen-bond acceptors (Lipinski definition) is 7. The highest BCUT2D eigenvalue weighted by Gasteiger charge is 2.42. The summed E-state index contributed by atoms with van der Waals surface area (Å²) >= 11 is 0. The molecule has 2 saturated heterocycles. The standard InChI is InChI=1S/C37H52N8OSi/c1-25(2)47(26(3)4,27(5)6)21-16-29-22-34(45-33(24-39-37(45)46)28-10-8-9-11-28)41-35-32(29)23-38-36(42-35)40-30-12-14-31(15-13-30)44-19-17-43(7)18-20-44/h12-15,22-23,25-28,33H,8-11,17-20,24H2,1-7H3,(H,39,46)(H,38,40,41,42). The molecule has 1 saturated carbocycles. The highest BCUT2D eigenvalue weighted by Crippen LogP contribution is 2.41. The molecular formula is C37H52N8OSi. The fourth-order valence-corrected chi connectivity index (χ4v) is 13.6. The average molecular weight is 653 g/mol. The van der Waals surface area contributed by atoms with E-state index >= 15 is 0 Å². The number of piperazine rings is 1. The molecule has 2 aromatic heterocycles. The van der Waals surface area contributed by atoms with E-state index in [1.54, 1.807) is 0 Å². The molecule has 1 unspecified atom stereocenters. The van der Waals surface area contributed by atoms with Gasteiger partial charge in [0.2, 0.25) is 5.95 Å². The van der Waals surface area contributed by atoms with E-state index in [4.69, 9.17) is 15.0 Å². The molecule has 0 spiro atoms. The lowest BCUT2D eigenvalue weighted by Gasteiger charge is -2.38. The van der Waals surface area contributed by atoms with E-state index in [-0.39, 0.29) is 12.1 Å². The lowest BCUT2D eigenvalue weighted by molar-refractivity contribution is 0.251. The fourth-order valence-electron chi connectivity index (χ4n) is 8.35. The molecule has 2 aliphatic heterocycles. The minimum atomic E-state index is -2.01. The summed E-state index contributed by atoms with van der Waals surface area (Å²) < 4.78 is 0. The summed E-state index contributed by atoms with van der Waals surface area (Å²) in [5.74, 6) is 5.22. The molecule has 0 bridgehead atoms. The van der Waals surface area contributed by atoms with E-state index in [0.29, 0.717) is 46.5 Å². The molecule has 47 heavy (non-hydrogen) atoms. The van der Waals surface area contributed by atoms with Crippen molar-refractivity contribution in [3.05, 3.63) is 42.1 Å². The number of amides is 2. The lowest BCUT2D eigenvalue weighted by Crippen LogP contribution is -2.44. The summed E-state index contributed by atoms with van der Waals surface area (Å²) in [6, 6.07) is 10.5. The Balaban J connectivity index is 1.38. The van der Waals surface area contributed by atoms with Crippen molar-refractivity contribution >= 4 is 48.3 Å². The van der Waals surface area contributed by atoms with Crippen LogP contribution in [-0.2, 0) is 0 Å². The number of hydrogen-bond donors (Lipinski definition) is 2. The number of anilines is 4. The third kappa shape index (κ3) is 6.70. The Morgan fingerprint density at radius 1 is 0.936 bits per heavy atom. The number of rotatable bonds is 8. The SMILES string of the molecule is CC(C)[Si](C#Cc1cc(N2C(=O)NCC2C2CCCC2)nc2nc(Nc3ccc(N4CCN(C)CC4)cc3)ncc12)(C(C)C)C(C)C. The Morgan fingerprint density at radius 2 is 1.60 bits per heavy atom. The van der Waals surface area contributed by atoms with E-state index in [2.05, 4.69) is 105 Å². The number of benzene rings is 1. The number of aromatic nitrogens is 3. The molecule has 3 fully saturated rings. The van der Waals surface area contributed by atoms with Crippen molar-refractivity contribution in [2.24, 2.45) is 5.92 Å². The van der Waals surface area contributed by atoms with Crippen LogP contribution >= 0.6 is 0 Å². The Labute approximate surface area is 281 Å². The number of urea groups is 1. The highest BCUT2D eigenvalue weighted by molar-refractivity contribution is 6.90. The predicted octanol–water partition coefficient (Wildman–Crippen LogP) is 7.18. The zero-order valence-corrected chi connectivity index (χ0v) is 30.3. The van der Waals surface area contributed by atoms with Crippen LogP contribution in [0.4, 0.5) is 27.9 Å². The van der Waals surface area contributed by atoms with E-state index in [9.17, 15) is 4.79 Å². The van der Waals surface area contributed by atoms with Crippen molar-refractivity contribution in [1.82, 2.24) is 25.2 Å². The van der Waals surface area contributed by atoms with Crippen LogP contribution < -0.4 is 20.4 Å². The molecule has 1 atom stereocenters. The van der Waals surface area contributed by atoms with Crippen LogP contribution in [0.15, 0.2) is 36.5 Å². The topological polar surface area (TPSA) is 89.5 Å². The molecule has 6 rings (SSSR count). The van der Waals surface area contributed by atoms with E-state index in [1.807, 2.05) is 17.2 Å². The largest absolute Gasteiger partial charge is 0.369 e. The van der Waals surface area contributed by atoms with Gasteiger partial charge in [0.1, 0.15) is 13.9 Å². The number of nitrogens with zero attached hydrogens (tertiary/aromatic N) is 6. The van der Waals surface area contributed by atoms with Gasteiger partial charge in [-0.15, -0.1) is 5.54 Å². The van der Waals surface area contributed by atoms with Crippen molar-refractivity contribution in [3.8, 4) is 11.5 Å². The van der Waals surface area contributed by atoms with Gasteiger partial charge in [-0.25, -0.2) is 14.8 Å². The molecule has 250 valence electrons. The van der Waals surface area contributed by atoms with E-state index < -0.39 is 8.07 Å². The third-order valence-electron chi connectivity index (χ3n) is 11.0. The first-order valence-electron chi connectivity index (χ1n) is 17.7. The highest BCUT2D eigenvalue weighted by atomic mass is 28.3. The van der Waals surface area contributed by atoms with Crippen LogP contribution in [0.25, 0.3) is 11.0 Å². The van der Waals surface area contributed by atoms with Gasteiger partial charge in [-0.05, 0) is 72.8 Å². The molecule has 3 aromatic rings. The fraction of sp³-hybridized carbons (Fsp3) is 0.568. The molecule has 9 nitrogen and oxygen atoms in total. The van der Waals surface area contributed by atoms with Gasteiger partial charge in [0.25, 0.3) is 0 Å². The van der Waals surface area contributed by atoms with Crippen LogP contribution in [0.1, 0.15) is 72.8 Å². The molecule has 1 aromatic carbocycles. The number of likely N-dealkylation sites (N-methyl/N-ethyl adjacent to an activating group) is 1. The zero-order valence-electron chi connectivity index (χ0n) is 29.3. The Morgan fingerprint density at radius 3 is 2.23 bits per heavy atom. The Kier molecular flexibility index (Phi) is 9.77. The van der Waals surface area contributed by atoms with Gasteiger partial charge in [-0.1, -0.05) is 60.3 Å². The molecule has 0 radical (unpaired) electrons. The monoisotopic (exact) mass is 652 g/mol. The molecule has 3 aliphatic rings. The van der Waals surface area contributed by atoms with E-state index in [0.717, 1.165) is 55.7 Å². The Bertz CT molecular complexity index is 1610. The molecule has 2 N–H and O–H groups in total. The van der Waals surface area contributed by atoms with Crippen LogP contribution in [0.5, 0.6) is 0 Å². The first-order valence-corrected chi connectivity index (χ1v) is 19.9. The predicted molar refractivity (Wildman–Crippen MR) is 196 cm³/mol. The van der Waals surface area contributed by atoms with Gasteiger partial charge in [0.15, 0.2) is 5.65 Å². The van der Waals surface area contributed by atoms with Crippen LogP contribution in [0.3, 0.4) is 0 Å². The number of fused-ring (bicyclic) bond motifs is 1. The molecular weight excluding hydrogens is 601 g/mol. The summed E-state index contributed by atoms with van der Waals surface area (Å²) in [5.41, 5.74) is 8.95. The quantitative estimate of drug-likeness (QED) is 0.197. The van der Waals surface area contributed by atoms with Gasteiger partial charge in [0.05, 0.1) is 11.4 Å². The number of carbonyl (C=O) groups is 1. The minimum Gasteiger partial charge on any atom is -0.369 e. The summed E-state index contributed by atoms with van der Waals surface area (Å²) in [4.78, 5) is 34.7. The van der Waals surface area contributed by atoms with E-state index in [1.165, 1.54) is 18.5 Å². The zero-order chi connectivity index (χ0) is 33.3. The number of pyridine rings is 1. The molecule has 2 amide bonds. The molecule has 10 heteroatoms.